The molecule has 0 aliphatic carbocycles. The number of rotatable bonds is 12. The van der Waals surface area contributed by atoms with E-state index in [1.54, 1.807) is 13.8 Å². The van der Waals surface area contributed by atoms with E-state index in [0.29, 0.717) is 6.42 Å². The second-order valence-electron chi connectivity index (χ2n) is 5.82. The lowest BCUT2D eigenvalue weighted by Gasteiger charge is -2.23. The van der Waals surface area contributed by atoms with Gasteiger partial charge in [-0.3, -0.25) is 9.59 Å². The van der Waals surface area contributed by atoms with Gasteiger partial charge in [-0.15, -0.1) is 0 Å². The van der Waals surface area contributed by atoms with E-state index in [-0.39, 0.29) is 43.7 Å². The zero-order chi connectivity index (χ0) is 17.8. The summed E-state index contributed by atoms with van der Waals surface area (Å²) in [5.74, 6) is -0.431. The first kappa shape index (κ1) is 21.6. The Morgan fingerprint density at radius 2 is 1.35 bits per heavy atom. The zero-order valence-electron chi connectivity index (χ0n) is 14.7. The van der Waals surface area contributed by atoms with Gasteiger partial charge in [0.25, 0.3) is 0 Å². The highest BCUT2D eigenvalue weighted by Crippen LogP contribution is 2.26. The maximum absolute atomic E-state index is 11.9. The maximum atomic E-state index is 11.9. The molecule has 0 rings (SSSR count). The molecule has 3 unspecified atom stereocenters. The fourth-order valence-corrected chi connectivity index (χ4v) is 2.46. The molecule has 0 bridgehead atoms. The summed E-state index contributed by atoms with van der Waals surface area (Å²) in [5, 5.41) is 9.61. The molecule has 0 fully saturated rings. The van der Waals surface area contributed by atoms with Crippen molar-refractivity contribution in [2.75, 3.05) is 13.2 Å². The van der Waals surface area contributed by atoms with Gasteiger partial charge in [0.05, 0.1) is 0 Å². The normalized spacial score (nSPS) is 14.7. The minimum Gasteiger partial charge on any atom is -0.463 e. The second-order valence-corrected chi connectivity index (χ2v) is 5.82. The van der Waals surface area contributed by atoms with Crippen LogP contribution in [-0.2, 0) is 23.9 Å². The van der Waals surface area contributed by atoms with Crippen molar-refractivity contribution in [2.24, 2.45) is 11.8 Å². The van der Waals surface area contributed by atoms with E-state index >= 15 is 0 Å². The van der Waals surface area contributed by atoms with Gasteiger partial charge in [-0.2, -0.15) is 0 Å². The number of hydrogen-bond acceptors (Lipinski definition) is 6. The van der Waals surface area contributed by atoms with E-state index in [4.69, 9.17) is 9.47 Å². The molecule has 134 valence electrons. The molecule has 0 radical (unpaired) electrons. The Hall–Kier alpha value is -1.43. The van der Waals surface area contributed by atoms with Gasteiger partial charge >= 0.3 is 11.9 Å². The van der Waals surface area contributed by atoms with Crippen LogP contribution < -0.4 is 0 Å². The molecule has 1 N–H and O–H groups in total. The second kappa shape index (κ2) is 12.0. The molecule has 0 saturated heterocycles. The zero-order valence-corrected chi connectivity index (χ0v) is 14.7. The molecule has 0 saturated carbocycles. The third-order valence-corrected chi connectivity index (χ3v) is 3.86. The van der Waals surface area contributed by atoms with Gasteiger partial charge in [-0.05, 0) is 18.8 Å². The lowest BCUT2D eigenvalue weighted by molar-refractivity contribution is -0.153. The number of ether oxygens (including phenoxy) is 2. The molecule has 0 aromatic heterocycles. The van der Waals surface area contributed by atoms with E-state index in [1.807, 2.05) is 13.8 Å². The Kier molecular flexibility index (Phi) is 11.3. The van der Waals surface area contributed by atoms with Gasteiger partial charge in [-0.25, -0.2) is 0 Å². The standard InChI is InChI=1S/C17H30O6/c1-5-13(8-12(4)18)14(6-2)9-17(21)23-11-15(19)10-22-16(20)7-3/h13-15,19H,5-11H2,1-4H3. The molecular weight excluding hydrogens is 300 g/mol. The maximum Gasteiger partial charge on any atom is 0.306 e. The van der Waals surface area contributed by atoms with Crippen LogP contribution in [0.1, 0.15) is 59.8 Å². The third-order valence-electron chi connectivity index (χ3n) is 3.86. The molecular formula is C17H30O6. The van der Waals surface area contributed by atoms with Crippen LogP contribution in [0, 0.1) is 11.8 Å². The molecule has 0 amide bonds. The van der Waals surface area contributed by atoms with Crippen molar-refractivity contribution in [2.45, 2.75) is 65.9 Å². The quantitative estimate of drug-likeness (QED) is 0.552. The first-order valence-corrected chi connectivity index (χ1v) is 8.32. The topological polar surface area (TPSA) is 89.9 Å². The average Bonchev–Trinajstić information content (AvgIpc) is 2.53. The van der Waals surface area contributed by atoms with Crippen LogP contribution in [0.25, 0.3) is 0 Å². The fraction of sp³-hybridized carbons (Fsp3) is 0.824. The van der Waals surface area contributed by atoms with Crippen molar-refractivity contribution >= 4 is 17.7 Å². The molecule has 0 aliphatic rings. The number of aliphatic hydroxyl groups is 1. The number of Topliss-reactive ketones (excluding diaryl/α,β-unsaturated/α-hetero) is 1. The number of carbonyl (C=O) groups excluding carboxylic acids is 3. The number of hydrogen-bond donors (Lipinski definition) is 1. The van der Waals surface area contributed by atoms with Crippen molar-refractivity contribution in [3.8, 4) is 0 Å². The Morgan fingerprint density at radius 1 is 0.870 bits per heavy atom. The van der Waals surface area contributed by atoms with Crippen molar-refractivity contribution in [1.82, 2.24) is 0 Å². The number of esters is 2. The predicted molar refractivity (Wildman–Crippen MR) is 85.7 cm³/mol. The van der Waals surface area contributed by atoms with Crippen LogP contribution in [0.4, 0.5) is 0 Å². The molecule has 0 aromatic carbocycles. The van der Waals surface area contributed by atoms with Crippen molar-refractivity contribution in [3.63, 3.8) is 0 Å². The molecule has 0 aliphatic heterocycles. The highest BCUT2D eigenvalue weighted by molar-refractivity contribution is 5.76. The van der Waals surface area contributed by atoms with Crippen LogP contribution in [-0.4, -0.2) is 42.1 Å². The highest BCUT2D eigenvalue weighted by Gasteiger charge is 2.23. The van der Waals surface area contributed by atoms with E-state index in [2.05, 4.69) is 0 Å². The van der Waals surface area contributed by atoms with Crippen LogP contribution in [0.15, 0.2) is 0 Å². The summed E-state index contributed by atoms with van der Waals surface area (Å²) in [4.78, 5) is 34.2. The molecule has 3 atom stereocenters. The summed E-state index contributed by atoms with van der Waals surface area (Å²) >= 11 is 0. The predicted octanol–water partition coefficient (Wildman–Crippen LogP) is 2.27. The van der Waals surface area contributed by atoms with E-state index < -0.39 is 18.0 Å². The average molecular weight is 330 g/mol. The third kappa shape index (κ3) is 10.0. The number of ketones is 1. The minimum atomic E-state index is -1.02. The van der Waals surface area contributed by atoms with Gasteiger partial charge in [0.2, 0.25) is 0 Å². The summed E-state index contributed by atoms with van der Waals surface area (Å²) < 4.78 is 9.81. The molecule has 6 heteroatoms. The summed E-state index contributed by atoms with van der Waals surface area (Å²) in [6, 6.07) is 0. The van der Waals surface area contributed by atoms with Crippen molar-refractivity contribution in [3.05, 3.63) is 0 Å². The van der Waals surface area contributed by atoms with Crippen LogP contribution in [0.3, 0.4) is 0 Å². The minimum absolute atomic E-state index is 0.0893. The summed E-state index contributed by atoms with van der Waals surface area (Å²) in [7, 11) is 0. The van der Waals surface area contributed by atoms with Gasteiger partial charge in [0, 0.05) is 19.3 Å². The van der Waals surface area contributed by atoms with Crippen LogP contribution in [0.2, 0.25) is 0 Å². The summed E-state index contributed by atoms with van der Waals surface area (Å²) in [6.45, 7) is 6.83. The molecule has 23 heavy (non-hydrogen) atoms. The summed E-state index contributed by atoms with van der Waals surface area (Å²) in [5.41, 5.74) is 0. The molecule has 6 nitrogen and oxygen atoms in total. The lowest BCUT2D eigenvalue weighted by Crippen LogP contribution is -2.27. The van der Waals surface area contributed by atoms with Crippen molar-refractivity contribution in [1.29, 1.82) is 0 Å². The van der Waals surface area contributed by atoms with Crippen molar-refractivity contribution < 1.29 is 29.0 Å². The van der Waals surface area contributed by atoms with E-state index in [1.165, 1.54) is 0 Å². The van der Waals surface area contributed by atoms with Gasteiger partial charge in [-0.1, -0.05) is 33.6 Å². The molecule has 0 heterocycles. The van der Waals surface area contributed by atoms with Crippen LogP contribution >= 0.6 is 0 Å². The fourth-order valence-electron chi connectivity index (χ4n) is 2.46. The molecule has 0 aromatic rings. The Labute approximate surface area is 138 Å². The number of carbonyl (C=O) groups is 3. The monoisotopic (exact) mass is 330 g/mol. The summed E-state index contributed by atoms with van der Waals surface area (Å²) in [6.07, 6.45) is 1.54. The smallest absolute Gasteiger partial charge is 0.306 e. The largest absolute Gasteiger partial charge is 0.463 e. The van der Waals surface area contributed by atoms with E-state index in [9.17, 15) is 19.5 Å². The van der Waals surface area contributed by atoms with Gasteiger partial charge in [0.15, 0.2) is 0 Å². The first-order valence-electron chi connectivity index (χ1n) is 8.32. The van der Waals surface area contributed by atoms with E-state index in [0.717, 1.165) is 12.8 Å². The Bertz CT molecular complexity index is 379. The Balaban J connectivity index is 4.23. The van der Waals surface area contributed by atoms with Crippen LogP contribution in [0.5, 0.6) is 0 Å². The molecule has 0 spiro atoms. The number of aliphatic hydroxyl groups excluding tert-OH is 1. The SMILES string of the molecule is CCC(=O)OCC(O)COC(=O)CC(CC)C(CC)CC(C)=O. The Morgan fingerprint density at radius 3 is 1.78 bits per heavy atom. The van der Waals surface area contributed by atoms with Gasteiger partial charge < -0.3 is 19.4 Å². The highest BCUT2D eigenvalue weighted by atomic mass is 16.6. The lowest BCUT2D eigenvalue weighted by atomic mass is 9.82. The van der Waals surface area contributed by atoms with Gasteiger partial charge in [0.1, 0.15) is 25.1 Å². The first-order chi connectivity index (χ1) is 10.8.